The summed E-state index contributed by atoms with van der Waals surface area (Å²) in [7, 11) is 0. The molecule has 0 saturated heterocycles. The number of carboxylic acid groups (broad SMARTS) is 1. The fraction of sp³-hybridized carbons (Fsp3) is 0.188. The van der Waals surface area contributed by atoms with Crippen molar-refractivity contribution in [2.45, 2.75) is 19.1 Å². The van der Waals surface area contributed by atoms with Gasteiger partial charge in [0.05, 0.1) is 23.3 Å². The molecule has 0 saturated carbocycles. The van der Waals surface area contributed by atoms with E-state index in [1.165, 1.54) is 11.1 Å². The normalized spacial score (nSPS) is 17.8. The smallest absolute Gasteiger partial charge is 0.281 e. The quantitative estimate of drug-likeness (QED) is 0.582. The van der Waals surface area contributed by atoms with E-state index >= 15 is 0 Å². The lowest BCUT2D eigenvalue weighted by atomic mass is 10.0. The standard InChI is InChI=1S/C16H14N4O4S/c1-9-12(14(21)20(19-9)11-6-4-3-5-7-11)8-13(15(22)23)25-16-18-17-10(2)24-16/h3-8,12H,1-2H3,(H,22,23)/p-1/b13-8-/t12-/m1/s1. The number of carbonyl (C=O) groups is 2. The van der Waals surface area contributed by atoms with Crippen LogP contribution in [-0.2, 0) is 9.59 Å². The van der Waals surface area contributed by atoms with Crippen LogP contribution in [0.1, 0.15) is 12.8 Å². The van der Waals surface area contributed by atoms with E-state index in [4.69, 9.17) is 4.42 Å². The van der Waals surface area contributed by atoms with Gasteiger partial charge in [0.2, 0.25) is 5.89 Å². The largest absolute Gasteiger partial charge is 0.544 e. The minimum absolute atomic E-state index is 0.0629. The molecule has 25 heavy (non-hydrogen) atoms. The van der Waals surface area contributed by atoms with E-state index in [-0.39, 0.29) is 16.0 Å². The highest BCUT2D eigenvalue weighted by Crippen LogP contribution is 2.30. The number of anilines is 1. The lowest BCUT2D eigenvalue weighted by Crippen LogP contribution is -2.28. The highest BCUT2D eigenvalue weighted by Gasteiger charge is 2.33. The third-order valence-corrected chi connectivity index (χ3v) is 4.27. The topological polar surface area (TPSA) is 112 Å². The molecule has 1 aliphatic rings. The second-order valence-electron chi connectivity index (χ2n) is 5.21. The van der Waals surface area contributed by atoms with Crippen molar-refractivity contribution in [3.63, 3.8) is 0 Å². The Morgan fingerprint density at radius 1 is 1.28 bits per heavy atom. The van der Waals surface area contributed by atoms with Gasteiger partial charge in [-0.25, -0.2) is 0 Å². The van der Waals surface area contributed by atoms with Gasteiger partial charge in [0.1, 0.15) is 0 Å². The predicted octanol–water partition coefficient (Wildman–Crippen LogP) is 1.14. The molecule has 0 N–H and O–H groups in total. The Kier molecular flexibility index (Phi) is 4.66. The fourth-order valence-corrected chi connectivity index (χ4v) is 2.95. The summed E-state index contributed by atoms with van der Waals surface area (Å²) in [6, 6.07) is 8.90. The van der Waals surface area contributed by atoms with Crippen LogP contribution in [0.5, 0.6) is 0 Å². The first-order valence-electron chi connectivity index (χ1n) is 7.31. The van der Waals surface area contributed by atoms with Gasteiger partial charge >= 0.3 is 0 Å². The average molecular weight is 357 g/mol. The Balaban J connectivity index is 1.86. The average Bonchev–Trinajstić information content (AvgIpc) is 3.12. The number of thioether (sulfide) groups is 1. The first kappa shape index (κ1) is 16.9. The number of hydrogen-bond donors (Lipinski definition) is 0. The third-order valence-electron chi connectivity index (χ3n) is 3.41. The van der Waals surface area contributed by atoms with Crippen molar-refractivity contribution in [3.05, 3.63) is 47.2 Å². The second kappa shape index (κ2) is 6.89. The molecule has 0 spiro atoms. The Bertz CT molecular complexity index is 875. The van der Waals surface area contributed by atoms with Crippen LogP contribution in [0.3, 0.4) is 0 Å². The molecule has 8 nitrogen and oxygen atoms in total. The van der Waals surface area contributed by atoms with Crippen molar-refractivity contribution < 1.29 is 19.1 Å². The van der Waals surface area contributed by atoms with Crippen LogP contribution in [0, 0.1) is 12.8 Å². The lowest BCUT2D eigenvalue weighted by Gasteiger charge is -2.13. The minimum Gasteiger partial charge on any atom is -0.544 e. The van der Waals surface area contributed by atoms with Gasteiger partial charge in [-0.3, -0.25) is 4.79 Å². The van der Waals surface area contributed by atoms with E-state index < -0.39 is 11.9 Å². The molecule has 2 aromatic rings. The van der Waals surface area contributed by atoms with Crippen LogP contribution < -0.4 is 10.1 Å². The van der Waals surface area contributed by atoms with Crippen molar-refractivity contribution >= 4 is 35.0 Å². The molecular formula is C16H13N4O4S-. The van der Waals surface area contributed by atoms with Gasteiger partial charge in [-0.2, -0.15) is 10.1 Å². The first-order valence-corrected chi connectivity index (χ1v) is 8.12. The monoisotopic (exact) mass is 357 g/mol. The number of aromatic nitrogens is 2. The number of hydrazone groups is 1. The maximum atomic E-state index is 12.6. The molecule has 1 aromatic carbocycles. The van der Waals surface area contributed by atoms with Gasteiger partial charge in [0.25, 0.3) is 11.1 Å². The van der Waals surface area contributed by atoms with Crippen LogP contribution in [0.25, 0.3) is 0 Å². The number of carbonyl (C=O) groups excluding carboxylic acids is 2. The van der Waals surface area contributed by atoms with Gasteiger partial charge in [-0.1, -0.05) is 24.3 Å². The van der Waals surface area contributed by atoms with E-state index in [0.717, 1.165) is 11.8 Å². The summed E-state index contributed by atoms with van der Waals surface area (Å²) in [5.41, 5.74) is 1.09. The van der Waals surface area contributed by atoms with Gasteiger partial charge in [0, 0.05) is 11.8 Å². The highest BCUT2D eigenvalue weighted by molar-refractivity contribution is 8.03. The third kappa shape index (κ3) is 3.61. The molecular weight excluding hydrogens is 344 g/mol. The van der Waals surface area contributed by atoms with Crippen LogP contribution in [0.15, 0.2) is 56.1 Å². The van der Waals surface area contributed by atoms with Crippen molar-refractivity contribution in [3.8, 4) is 0 Å². The summed E-state index contributed by atoms with van der Waals surface area (Å²) in [6.07, 6.45) is 1.30. The van der Waals surface area contributed by atoms with Crippen molar-refractivity contribution in [2.75, 3.05) is 5.01 Å². The van der Waals surface area contributed by atoms with Gasteiger partial charge in [0.15, 0.2) is 0 Å². The summed E-state index contributed by atoms with van der Waals surface area (Å²) in [5, 5.41) is 24.3. The summed E-state index contributed by atoms with van der Waals surface area (Å²) >= 11 is 0.739. The molecule has 1 atom stereocenters. The molecule has 0 fully saturated rings. The molecule has 1 aliphatic heterocycles. The molecule has 3 rings (SSSR count). The summed E-state index contributed by atoms with van der Waals surface area (Å²) < 4.78 is 5.16. The molecule has 0 bridgehead atoms. The number of amides is 1. The maximum Gasteiger partial charge on any atom is 0.281 e. The van der Waals surface area contributed by atoms with E-state index in [1.54, 1.807) is 38.1 Å². The molecule has 9 heteroatoms. The van der Waals surface area contributed by atoms with Gasteiger partial charge in [-0.05, 0) is 30.8 Å². The number of nitrogens with zero attached hydrogens (tertiary/aromatic N) is 4. The number of carboxylic acids is 1. The lowest BCUT2D eigenvalue weighted by molar-refractivity contribution is -0.298. The molecule has 2 heterocycles. The van der Waals surface area contributed by atoms with E-state index in [9.17, 15) is 14.7 Å². The van der Waals surface area contributed by atoms with E-state index in [0.29, 0.717) is 17.3 Å². The Labute approximate surface area is 147 Å². The summed E-state index contributed by atoms with van der Waals surface area (Å²) in [6.45, 7) is 3.25. The zero-order valence-electron chi connectivity index (χ0n) is 13.4. The summed E-state index contributed by atoms with van der Waals surface area (Å²) in [5.74, 6) is -2.26. The first-order chi connectivity index (χ1) is 12.0. The van der Waals surface area contributed by atoms with Crippen LogP contribution in [0.4, 0.5) is 5.69 Å². The molecule has 1 aromatic heterocycles. The zero-order chi connectivity index (χ0) is 18.0. The Morgan fingerprint density at radius 2 is 2.00 bits per heavy atom. The highest BCUT2D eigenvalue weighted by atomic mass is 32.2. The van der Waals surface area contributed by atoms with Gasteiger partial charge < -0.3 is 14.3 Å². The van der Waals surface area contributed by atoms with E-state index in [2.05, 4.69) is 15.3 Å². The number of aryl methyl sites for hydroxylation is 1. The van der Waals surface area contributed by atoms with Crippen LogP contribution >= 0.6 is 11.8 Å². The Hall–Kier alpha value is -2.94. The molecule has 0 radical (unpaired) electrons. The zero-order valence-corrected chi connectivity index (χ0v) is 14.2. The SMILES string of the molecule is CC1=NN(c2ccccc2)C(=O)[C@@H]1/C=C(\Sc1nnc(C)o1)C(=O)[O-]. The molecule has 0 aliphatic carbocycles. The van der Waals surface area contributed by atoms with Crippen molar-refractivity contribution in [1.82, 2.24) is 10.2 Å². The predicted molar refractivity (Wildman–Crippen MR) is 88.5 cm³/mol. The Morgan fingerprint density at radius 3 is 2.60 bits per heavy atom. The second-order valence-corrected chi connectivity index (χ2v) is 6.21. The van der Waals surface area contributed by atoms with Crippen molar-refractivity contribution in [2.24, 2.45) is 11.0 Å². The van der Waals surface area contributed by atoms with Gasteiger partial charge in [-0.15, -0.1) is 10.2 Å². The van der Waals surface area contributed by atoms with E-state index in [1.807, 2.05) is 6.07 Å². The number of para-hydroxylation sites is 1. The van der Waals surface area contributed by atoms with Crippen LogP contribution in [0.2, 0.25) is 0 Å². The summed E-state index contributed by atoms with van der Waals surface area (Å²) in [4.78, 5) is 23.8. The molecule has 0 unspecified atom stereocenters. The van der Waals surface area contributed by atoms with Crippen molar-refractivity contribution in [1.29, 1.82) is 0 Å². The minimum atomic E-state index is -1.43. The number of benzene rings is 1. The fourth-order valence-electron chi connectivity index (χ4n) is 2.23. The molecule has 128 valence electrons. The number of rotatable bonds is 5. The number of aliphatic carboxylic acids is 1. The number of hydrogen-bond acceptors (Lipinski definition) is 8. The molecule has 1 amide bonds. The maximum absolute atomic E-state index is 12.6. The van der Waals surface area contributed by atoms with Crippen LogP contribution in [-0.4, -0.2) is 27.8 Å².